The van der Waals surface area contributed by atoms with Crippen molar-refractivity contribution < 1.29 is 18.7 Å². The van der Waals surface area contributed by atoms with Crippen molar-refractivity contribution in [2.24, 2.45) is 0 Å². The number of carbonyl (C=O) groups is 1. The van der Waals surface area contributed by atoms with Gasteiger partial charge in [-0.3, -0.25) is 4.79 Å². The van der Waals surface area contributed by atoms with Crippen LogP contribution in [0, 0.1) is 5.82 Å². The molecule has 1 amide bonds. The predicted molar refractivity (Wildman–Crippen MR) is 131 cm³/mol. The Bertz CT molecular complexity index is 1200. The zero-order chi connectivity index (χ0) is 24.0. The molecular formula is C28H28FNO3. The van der Waals surface area contributed by atoms with Crippen molar-refractivity contribution in [1.82, 2.24) is 5.32 Å². The first kappa shape index (κ1) is 24.0. The van der Waals surface area contributed by atoms with Gasteiger partial charge in [-0.15, -0.1) is 0 Å². The number of para-hydroxylation sites is 1. The van der Waals surface area contributed by atoms with E-state index in [1.807, 2.05) is 37.3 Å². The lowest BCUT2D eigenvalue weighted by Crippen LogP contribution is -2.21. The van der Waals surface area contributed by atoms with Gasteiger partial charge < -0.3 is 14.8 Å². The summed E-state index contributed by atoms with van der Waals surface area (Å²) >= 11 is 0. The minimum absolute atomic E-state index is 0.314. The van der Waals surface area contributed by atoms with Gasteiger partial charge in [0.1, 0.15) is 11.6 Å². The van der Waals surface area contributed by atoms with Gasteiger partial charge in [-0.1, -0.05) is 56.5 Å². The zero-order valence-electron chi connectivity index (χ0n) is 19.2. The number of allylic oxidation sites excluding steroid dienone is 1. The van der Waals surface area contributed by atoms with Gasteiger partial charge in [0.15, 0.2) is 0 Å². The molecule has 0 bridgehead atoms. The number of nitrogens with one attached hydrogen (secondary N) is 1. The van der Waals surface area contributed by atoms with Crippen LogP contribution in [-0.4, -0.2) is 20.1 Å². The molecule has 3 aromatic rings. The fraction of sp³-hybridized carbons (Fsp3) is 0.179. The molecule has 0 unspecified atom stereocenters. The lowest BCUT2D eigenvalue weighted by molar-refractivity contribution is 0.0973. The van der Waals surface area contributed by atoms with Gasteiger partial charge in [-0.2, -0.15) is 0 Å². The van der Waals surface area contributed by atoms with Crippen LogP contribution in [0.15, 0.2) is 73.8 Å². The molecule has 0 saturated carbocycles. The van der Waals surface area contributed by atoms with Crippen molar-refractivity contribution in [3.05, 3.63) is 102 Å². The van der Waals surface area contributed by atoms with Crippen LogP contribution in [0.25, 0.3) is 22.4 Å². The van der Waals surface area contributed by atoms with Crippen LogP contribution in [0.5, 0.6) is 5.75 Å². The predicted octanol–water partition coefficient (Wildman–Crippen LogP) is 6.47. The number of amides is 1. The first-order valence-electron chi connectivity index (χ1n) is 10.6. The highest BCUT2D eigenvalue weighted by Gasteiger charge is 2.15. The maximum atomic E-state index is 14.5. The summed E-state index contributed by atoms with van der Waals surface area (Å²) in [6.07, 6.45) is 0.655. The van der Waals surface area contributed by atoms with E-state index in [-0.39, 0.29) is 5.91 Å². The molecule has 0 spiro atoms. The summed E-state index contributed by atoms with van der Waals surface area (Å²) < 4.78 is 25.3. The van der Waals surface area contributed by atoms with Crippen molar-refractivity contribution in [3.63, 3.8) is 0 Å². The van der Waals surface area contributed by atoms with E-state index in [4.69, 9.17) is 9.47 Å². The fourth-order valence-corrected chi connectivity index (χ4v) is 3.60. The summed E-state index contributed by atoms with van der Waals surface area (Å²) in [6.45, 7) is 10.0. The number of benzene rings is 3. The number of methoxy groups -OCH3 is 2. The minimum Gasteiger partial charge on any atom is -0.496 e. The third kappa shape index (κ3) is 5.38. The summed E-state index contributed by atoms with van der Waals surface area (Å²) in [4.78, 5) is 12.9. The molecule has 3 aromatic carbocycles. The molecule has 0 fully saturated rings. The van der Waals surface area contributed by atoms with Gasteiger partial charge >= 0.3 is 0 Å². The van der Waals surface area contributed by atoms with Crippen LogP contribution in [0.1, 0.15) is 40.4 Å². The number of ether oxygens (including phenoxy) is 2. The molecule has 0 aliphatic heterocycles. The molecule has 170 valence electrons. The quantitative estimate of drug-likeness (QED) is 0.411. The number of hydrogen-bond acceptors (Lipinski definition) is 3. The summed E-state index contributed by atoms with van der Waals surface area (Å²) in [5.41, 5.74) is 5.11. The first-order valence-corrected chi connectivity index (χ1v) is 10.6. The van der Waals surface area contributed by atoms with Gasteiger partial charge in [0, 0.05) is 35.1 Å². The molecule has 0 heterocycles. The van der Waals surface area contributed by atoms with E-state index < -0.39 is 5.82 Å². The van der Waals surface area contributed by atoms with Crippen molar-refractivity contribution >= 4 is 17.2 Å². The average Bonchev–Trinajstić information content (AvgIpc) is 2.83. The highest BCUT2D eigenvalue weighted by Crippen LogP contribution is 2.33. The van der Waals surface area contributed by atoms with Crippen LogP contribution in [0.3, 0.4) is 0 Å². The normalized spacial score (nSPS) is 10.5. The lowest BCUT2D eigenvalue weighted by Gasteiger charge is -2.15. The second-order valence-corrected chi connectivity index (χ2v) is 7.59. The second-order valence-electron chi connectivity index (χ2n) is 7.59. The van der Waals surface area contributed by atoms with Crippen LogP contribution >= 0.6 is 0 Å². The third-order valence-electron chi connectivity index (χ3n) is 5.45. The maximum Gasteiger partial charge on any atom is 0.255 e. The highest BCUT2D eigenvalue weighted by atomic mass is 19.1. The molecule has 0 aliphatic rings. The smallest absolute Gasteiger partial charge is 0.255 e. The topological polar surface area (TPSA) is 47.6 Å². The van der Waals surface area contributed by atoms with Crippen LogP contribution in [-0.2, 0) is 11.3 Å². The third-order valence-corrected chi connectivity index (χ3v) is 5.45. The van der Waals surface area contributed by atoms with Crippen LogP contribution in [0.2, 0.25) is 0 Å². The molecule has 0 aliphatic carbocycles. The van der Waals surface area contributed by atoms with Gasteiger partial charge in [0.05, 0.1) is 13.7 Å². The number of carbonyl (C=O) groups excluding carboxylic acids is 1. The Labute approximate surface area is 194 Å². The Kier molecular flexibility index (Phi) is 7.80. The van der Waals surface area contributed by atoms with Crippen molar-refractivity contribution in [2.75, 3.05) is 14.2 Å². The van der Waals surface area contributed by atoms with E-state index >= 15 is 0 Å². The Balaban J connectivity index is 1.85. The van der Waals surface area contributed by atoms with Crippen molar-refractivity contribution in [1.29, 1.82) is 0 Å². The lowest BCUT2D eigenvalue weighted by atomic mass is 9.96. The molecular weight excluding hydrogens is 417 g/mol. The van der Waals surface area contributed by atoms with Crippen molar-refractivity contribution in [3.8, 4) is 16.9 Å². The molecule has 1 N–H and O–H groups in total. The Morgan fingerprint density at radius 2 is 1.70 bits per heavy atom. The van der Waals surface area contributed by atoms with Crippen molar-refractivity contribution in [2.45, 2.75) is 20.0 Å². The van der Waals surface area contributed by atoms with E-state index in [0.29, 0.717) is 35.4 Å². The fourth-order valence-electron chi connectivity index (χ4n) is 3.60. The van der Waals surface area contributed by atoms with Gasteiger partial charge in [-0.05, 0) is 47.4 Å². The molecule has 5 heteroatoms. The maximum absolute atomic E-state index is 14.5. The molecule has 0 atom stereocenters. The molecule has 33 heavy (non-hydrogen) atoms. The highest BCUT2D eigenvalue weighted by molar-refractivity contribution is 6.00. The van der Waals surface area contributed by atoms with E-state index in [1.165, 1.54) is 6.07 Å². The second kappa shape index (κ2) is 10.7. The zero-order valence-corrected chi connectivity index (χ0v) is 19.2. The Hall–Kier alpha value is -3.70. The Morgan fingerprint density at radius 1 is 0.970 bits per heavy atom. The summed E-state index contributed by atoms with van der Waals surface area (Å²) in [5.74, 6) is 0.00124. The SMILES string of the molecule is C=C(NC(=O)c1ccc(-c2ccccc2OC)c(COC)c1)c1ccc(C(=C)CC)c(F)c1. The molecule has 0 aromatic heterocycles. The number of halogens is 1. The minimum atomic E-state index is -0.390. The van der Waals surface area contributed by atoms with Crippen LogP contribution in [0.4, 0.5) is 4.39 Å². The first-order chi connectivity index (χ1) is 15.9. The number of rotatable bonds is 9. The van der Waals surface area contributed by atoms with E-state index in [9.17, 15) is 9.18 Å². The standard InChI is InChI=1S/C28H28FNO3/c1-6-18(2)23-13-11-20(16-26(23)29)19(3)30-28(31)21-12-14-24(22(15-21)17-32-4)25-9-7-8-10-27(25)33-5/h7-16H,2-3,6,17H2,1,4-5H3,(H,30,31). The van der Waals surface area contributed by atoms with Gasteiger partial charge in [-0.25, -0.2) is 4.39 Å². The van der Waals surface area contributed by atoms with E-state index in [2.05, 4.69) is 18.5 Å². The Morgan fingerprint density at radius 3 is 2.36 bits per heavy atom. The summed E-state index contributed by atoms with van der Waals surface area (Å²) in [7, 11) is 3.22. The van der Waals surface area contributed by atoms with E-state index in [1.54, 1.807) is 38.5 Å². The van der Waals surface area contributed by atoms with Crippen LogP contribution < -0.4 is 10.1 Å². The largest absolute Gasteiger partial charge is 0.496 e. The summed E-state index contributed by atoms with van der Waals surface area (Å²) in [6, 6.07) is 17.8. The number of hydrogen-bond donors (Lipinski definition) is 1. The van der Waals surface area contributed by atoms with Gasteiger partial charge in [0.25, 0.3) is 5.91 Å². The molecule has 0 radical (unpaired) electrons. The molecule has 3 rings (SSSR count). The van der Waals surface area contributed by atoms with E-state index in [0.717, 1.165) is 28.0 Å². The monoisotopic (exact) mass is 445 g/mol. The molecule has 4 nitrogen and oxygen atoms in total. The van der Waals surface area contributed by atoms with Gasteiger partial charge in [0.2, 0.25) is 0 Å². The average molecular weight is 446 g/mol. The summed E-state index contributed by atoms with van der Waals surface area (Å²) in [5, 5.41) is 2.77. The molecule has 0 saturated heterocycles.